The number of carbonyl (C=O) groups is 3. The molecule has 0 aromatic carbocycles. The summed E-state index contributed by atoms with van der Waals surface area (Å²) in [5, 5.41) is 0. The van der Waals surface area contributed by atoms with Crippen LogP contribution in [-0.4, -0.2) is 37.2 Å². The molecule has 0 N–H and O–H groups in total. The molecule has 0 aliphatic heterocycles. The first-order valence-corrected chi connectivity index (χ1v) is 26.1. The van der Waals surface area contributed by atoms with Gasteiger partial charge in [-0.3, -0.25) is 14.4 Å². The van der Waals surface area contributed by atoms with Gasteiger partial charge >= 0.3 is 17.9 Å². The summed E-state index contributed by atoms with van der Waals surface area (Å²) in [5.74, 6) is -0.900. The molecule has 0 unspecified atom stereocenters. The summed E-state index contributed by atoms with van der Waals surface area (Å²) in [4.78, 5) is 37.9. The van der Waals surface area contributed by atoms with Crippen molar-refractivity contribution in [1.82, 2.24) is 0 Å². The Balaban J connectivity index is 4.38. The number of esters is 3. The molecule has 61 heavy (non-hydrogen) atoms. The Bertz CT molecular complexity index is 1070. The van der Waals surface area contributed by atoms with Crippen LogP contribution in [0.25, 0.3) is 0 Å². The highest BCUT2D eigenvalue weighted by atomic mass is 16.6. The average Bonchev–Trinajstić information content (AvgIpc) is 3.26. The summed E-state index contributed by atoms with van der Waals surface area (Å²) in [6.45, 7) is 6.58. The van der Waals surface area contributed by atoms with E-state index in [4.69, 9.17) is 14.2 Å². The molecule has 0 radical (unpaired) electrons. The maximum Gasteiger partial charge on any atom is 0.306 e. The first kappa shape index (κ1) is 58.4. The molecule has 6 heteroatoms. The van der Waals surface area contributed by atoms with Gasteiger partial charge in [0, 0.05) is 19.3 Å². The van der Waals surface area contributed by atoms with Crippen LogP contribution in [0.15, 0.2) is 48.6 Å². The molecule has 0 spiro atoms. The van der Waals surface area contributed by atoms with Crippen LogP contribution in [0.5, 0.6) is 0 Å². The second-order valence-electron chi connectivity index (χ2n) is 17.4. The van der Waals surface area contributed by atoms with Crippen molar-refractivity contribution >= 4 is 17.9 Å². The van der Waals surface area contributed by atoms with Gasteiger partial charge in [0.1, 0.15) is 13.2 Å². The summed E-state index contributed by atoms with van der Waals surface area (Å²) < 4.78 is 16.8. The molecule has 0 aliphatic rings. The average molecular weight is 855 g/mol. The first-order valence-electron chi connectivity index (χ1n) is 26.1. The van der Waals surface area contributed by atoms with E-state index >= 15 is 0 Å². The number of hydrogen-bond acceptors (Lipinski definition) is 6. The van der Waals surface area contributed by atoms with Crippen molar-refractivity contribution in [2.24, 2.45) is 0 Å². The van der Waals surface area contributed by atoms with Crippen LogP contribution in [0.3, 0.4) is 0 Å². The zero-order valence-corrected chi connectivity index (χ0v) is 40.4. The number of allylic oxidation sites excluding steroid dienone is 8. The maximum absolute atomic E-state index is 12.8. The zero-order valence-electron chi connectivity index (χ0n) is 40.4. The van der Waals surface area contributed by atoms with Crippen LogP contribution >= 0.6 is 0 Å². The fraction of sp³-hybridized carbons (Fsp3) is 0.800. The number of ether oxygens (including phenoxy) is 3. The first-order chi connectivity index (χ1) is 30.0. The quantitative estimate of drug-likeness (QED) is 0.0263. The van der Waals surface area contributed by atoms with Gasteiger partial charge in [-0.2, -0.15) is 0 Å². The molecule has 0 aromatic heterocycles. The number of carbonyl (C=O) groups excluding carboxylic acids is 3. The summed E-state index contributed by atoms with van der Waals surface area (Å²) in [5.41, 5.74) is 0. The molecule has 0 amide bonds. The third-order valence-corrected chi connectivity index (χ3v) is 11.3. The lowest BCUT2D eigenvalue weighted by Gasteiger charge is -2.18. The molecule has 0 aromatic rings. The van der Waals surface area contributed by atoms with E-state index in [0.717, 1.165) is 83.5 Å². The zero-order chi connectivity index (χ0) is 44.4. The molecule has 0 heterocycles. The van der Waals surface area contributed by atoms with Crippen LogP contribution in [0.1, 0.15) is 265 Å². The standard InChI is InChI=1S/C55H98O6/c1-4-7-10-13-16-19-22-24-26-27-29-31-34-36-39-42-45-48-54(57)60-51-52(61-55(58)49-46-43-40-37-32-21-18-15-12-9-6-3)50-59-53(56)47-44-41-38-35-33-30-28-25-23-20-17-14-11-8-5-2/h16,19-20,23-24,26,29,31,52H,4-15,17-18,21-22,25,27-28,30,32-51H2,1-3H3/b19-16-,23-20-,26-24-,31-29-/t52-/m0/s1. The van der Waals surface area contributed by atoms with E-state index in [0.29, 0.717) is 19.3 Å². The van der Waals surface area contributed by atoms with Gasteiger partial charge in [-0.05, 0) is 83.5 Å². The number of hydrogen-bond donors (Lipinski definition) is 0. The monoisotopic (exact) mass is 855 g/mol. The molecule has 0 saturated heterocycles. The SMILES string of the molecule is CCCCC/C=C\C/C=C\C/C=C\CCCCCCC(=O)OC[C@H](COC(=O)CCCCCCCCC/C=C\CCCCCC)OC(=O)CCCCCCCCCCCCC. The van der Waals surface area contributed by atoms with Crippen LogP contribution in [0.2, 0.25) is 0 Å². The highest BCUT2D eigenvalue weighted by molar-refractivity contribution is 5.71. The lowest BCUT2D eigenvalue weighted by molar-refractivity contribution is -0.167. The fourth-order valence-electron chi connectivity index (χ4n) is 7.33. The Morgan fingerprint density at radius 1 is 0.328 bits per heavy atom. The number of rotatable bonds is 47. The van der Waals surface area contributed by atoms with Gasteiger partial charge in [-0.25, -0.2) is 0 Å². The second-order valence-corrected chi connectivity index (χ2v) is 17.4. The van der Waals surface area contributed by atoms with Gasteiger partial charge in [0.15, 0.2) is 6.10 Å². The van der Waals surface area contributed by atoms with Gasteiger partial charge in [-0.1, -0.05) is 211 Å². The Kier molecular flexibility index (Phi) is 47.9. The van der Waals surface area contributed by atoms with E-state index in [2.05, 4.69) is 69.4 Å². The van der Waals surface area contributed by atoms with Gasteiger partial charge in [0.25, 0.3) is 0 Å². The maximum atomic E-state index is 12.8. The molecule has 354 valence electrons. The van der Waals surface area contributed by atoms with Gasteiger partial charge < -0.3 is 14.2 Å². The Morgan fingerprint density at radius 2 is 0.590 bits per heavy atom. The molecule has 0 rings (SSSR count). The predicted octanol–water partition coefficient (Wildman–Crippen LogP) is 17.1. The minimum Gasteiger partial charge on any atom is -0.462 e. The van der Waals surface area contributed by atoms with Crippen LogP contribution in [-0.2, 0) is 28.6 Å². The van der Waals surface area contributed by atoms with E-state index in [1.54, 1.807) is 0 Å². The minimum absolute atomic E-state index is 0.0806. The highest BCUT2D eigenvalue weighted by Gasteiger charge is 2.19. The molecule has 0 saturated carbocycles. The Morgan fingerprint density at radius 3 is 0.984 bits per heavy atom. The van der Waals surface area contributed by atoms with Gasteiger partial charge in [-0.15, -0.1) is 0 Å². The fourth-order valence-corrected chi connectivity index (χ4v) is 7.33. The van der Waals surface area contributed by atoms with E-state index in [-0.39, 0.29) is 31.1 Å². The van der Waals surface area contributed by atoms with E-state index in [1.807, 2.05) is 0 Å². The van der Waals surface area contributed by atoms with Crippen LogP contribution in [0.4, 0.5) is 0 Å². The van der Waals surface area contributed by atoms with E-state index in [1.165, 1.54) is 141 Å². The van der Waals surface area contributed by atoms with Crippen molar-refractivity contribution in [3.05, 3.63) is 48.6 Å². The molecule has 0 fully saturated rings. The molecular weight excluding hydrogens is 757 g/mol. The number of unbranched alkanes of at least 4 members (excludes halogenated alkanes) is 28. The third kappa shape index (κ3) is 48.3. The summed E-state index contributed by atoms with van der Waals surface area (Å²) in [6.07, 6.45) is 59.4. The molecular formula is C55H98O6. The normalized spacial score (nSPS) is 12.4. The lowest BCUT2D eigenvalue weighted by Crippen LogP contribution is -2.30. The van der Waals surface area contributed by atoms with Crippen molar-refractivity contribution in [3.8, 4) is 0 Å². The summed E-state index contributed by atoms with van der Waals surface area (Å²) in [6, 6.07) is 0. The van der Waals surface area contributed by atoms with Gasteiger partial charge in [0.05, 0.1) is 0 Å². The van der Waals surface area contributed by atoms with Crippen LogP contribution < -0.4 is 0 Å². The van der Waals surface area contributed by atoms with Crippen molar-refractivity contribution in [1.29, 1.82) is 0 Å². The second kappa shape index (κ2) is 50.0. The minimum atomic E-state index is -0.780. The van der Waals surface area contributed by atoms with Crippen LogP contribution in [0, 0.1) is 0 Å². The largest absolute Gasteiger partial charge is 0.462 e. The predicted molar refractivity (Wildman–Crippen MR) is 261 cm³/mol. The smallest absolute Gasteiger partial charge is 0.306 e. The Hall–Kier alpha value is -2.63. The van der Waals surface area contributed by atoms with Crippen molar-refractivity contribution < 1.29 is 28.6 Å². The topological polar surface area (TPSA) is 78.9 Å². The third-order valence-electron chi connectivity index (χ3n) is 11.3. The van der Waals surface area contributed by atoms with Crippen molar-refractivity contribution in [3.63, 3.8) is 0 Å². The van der Waals surface area contributed by atoms with E-state index < -0.39 is 6.10 Å². The molecule has 1 atom stereocenters. The molecule has 6 nitrogen and oxygen atoms in total. The van der Waals surface area contributed by atoms with Crippen molar-refractivity contribution in [2.75, 3.05) is 13.2 Å². The summed E-state index contributed by atoms with van der Waals surface area (Å²) in [7, 11) is 0. The molecule has 0 bridgehead atoms. The Labute approximate surface area is 378 Å². The van der Waals surface area contributed by atoms with Crippen molar-refractivity contribution in [2.45, 2.75) is 271 Å². The summed E-state index contributed by atoms with van der Waals surface area (Å²) >= 11 is 0. The molecule has 0 aliphatic carbocycles. The lowest BCUT2D eigenvalue weighted by atomic mass is 10.1. The highest BCUT2D eigenvalue weighted by Crippen LogP contribution is 2.15. The van der Waals surface area contributed by atoms with E-state index in [9.17, 15) is 14.4 Å². The van der Waals surface area contributed by atoms with Gasteiger partial charge in [0.2, 0.25) is 0 Å².